The zero-order valence-electron chi connectivity index (χ0n) is 11.3. The second kappa shape index (κ2) is 6.56. The molecule has 5 nitrogen and oxygen atoms in total. The third kappa shape index (κ3) is 3.98. The second-order valence-electron chi connectivity index (χ2n) is 4.43. The molecule has 5 heteroatoms. The minimum Gasteiger partial charge on any atom is -0.484 e. The number of nitrogens with zero attached hydrogens (tertiary/aromatic N) is 2. The molecule has 2 N–H and O–H groups in total. The van der Waals surface area contributed by atoms with Crippen molar-refractivity contribution in [2.75, 3.05) is 19.4 Å². The van der Waals surface area contributed by atoms with Crippen LogP contribution in [0.3, 0.4) is 0 Å². The third-order valence-corrected chi connectivity index (χ3v) is 2.77. The number of hydrogen-bond acceptors (Lipinski definition) is 4. The van der Waals surface area contributed by atoms with Crippen LogP contribution >= 0.6 is 0 Å². The van der Waals surface area contributed by atoms with Gasteiger partial charge in [0.25, 0.3) is 5.91 Å². The fourth-order valence-corrected chi connectivity index (χ4v) is 1.68. The Morgan fingerprint density at radius 1 is 1.30 bits per heavy atom. The van der Waals surface area contributed by atoms with Gasteiger partial charge in [-0.15, -0.1) is 0 Å². The number of anilines is 1. The average molecular weight is 271 g/mol. The van der Waals surface area contributed by atoms with E-state index in [0.717, 1.165) is 5.69 Å². The van der Waals surface area contributed by atoms with Crippen LogP contribution in [0.4, 0.5) is 5.69 Å². The van der Waals surface area contributed by atoms with E-state index in [1.54, 1.807) is 42.4 Å². The molecule has 0 spiro atoms. The molecule has 1 heterocycles. The van der Waals surface area contributed by atoms with Crippen LogP contribution in [0.5, 0.6) is 5.75 Å². The molecule has 0 saturated heterocycles. The van der Waals surface area contributed by atoms with E-state index in [1.807, 2.05) is 18.2 Å². The van der Waals surface area contributed by atoms with E-state index < -0.39 is 0 Å². The van der Waals surface area contributed by atoms with Crippen molar-refractivity contribution in [3.63, 3.8) is 0 Å². The van der Waals surface area contributed by atoms with Crippen LogP contribution in [-0.4, -0.2) is 29.4 Å². The van der Waals surface area contributed by atoms with Crippen LogP contribution < -0.4 is 10.5 Å². The number of aromatic nitrogens is 1. The van der Waals surface area contributed by atoms with Crippen molar-refractivity contribution >= 4 is 11.6 Å². The van der Waals surface area contributed by atoms with Gasteiger partial charge in [0.2, 0.25) is 0 Å². The molecule has 1 aromatic carbocycles. The van der Waals surface area contributed by atoms with Crippen LogP contribution in [0.2, 0.25) is 0 Å². The summed E-state index contributed by atoms with van der Waals surface area (Å²) in [5.74, 6) is 0.475. The van der Waals surface area contributed by atoms with Gasteiger partial charge in [0.05, 0.1) is 12.2 Å². The molecule has 1 amide bonds. The van der Waals surface area contributed by atoms with Gasteiger partial charge in [0.1, 0.15) is 5.75 Å². The summed E-state index contributed by atoms with van der Waals surface area (Å²) in [5.41, 5.74) is 7.09. The van der Waals surface area contributed by atoms with Crippen molar-refractivity contribution in [2.24, 2.45) is 0 Å². The van der Waals surface area contributed by atoms with Gasteiger partial charge in [-0.1, -0.05) is 12.1 Å². The molecule has 1 aromatic heterocycles. The van der Waals surface area contributed by atoms with Crippen molar-refractivity contribution < 1.29 is 9.53 Å². The van der Waals surface area contributed by atoms with Crippen molar-refractivity contribution in [3.05, 3.63) is 54.4 Å². The number of pyridine rings is 1. The first-order chi connectivity index (χ1) is 9.65. The van der Waals surface area contributed by atoms with Gasteiger partial charge >= 0.3 is 0 Å². The third-order valence-electron chi connectivity index (χ3n) is 2.77. The van der Waals surface area contributed by atoms with E-state index >= 15 is 0 Å². The molecular weight excluding hydrogens is 254 g/mol. The van der Waals surface area contributed by atoms with E-state index in [-0.39, 0.29) is 12.5 Å². The number of nitrogens with two attached hydrogens (primary N) is 1. The topological polar surface area (TPSA) is 68.5 Å². The minimum atomic E-state index is -0.113. The summed E-state index contributed by atoms with van der Waals surface area (Å²) >= 11 is 0. The summed E-state index contributed by atoms with van der Waals surface area (Å²) in [5, 5.41) is 0. The number of amides is 1. The Morgan fingerprint density at radius 2 is 2.15 bits per heavy atom. The van der Waals surface area contributed by atoms with Gasteiger partial charge in [-0.05, 0) is 24.3 Å². The van der Waals surface area contributed by atoms with Crippen LogP contribution in [0.25, 0.3) is 0 Å². The molecule has 20 heavy (non-hydrogen) atoms. The molecule has 2 rings (SSSR count). The molecule has 0 aliphatic carbocycles. The maximum atomic E-state index is 11.9. The van der Waals surface area contributed by atoms with E-state index in [4.69, 9.17) is 10.5 Å². The Hall–Kier alpha value is -2.56. The van der Waals surface area contributed by atoms with Crippen molar-refractivity contribution in [1.29, 1.82) is 0 Å². The van der Waals surface area contributed by atoms with Gasteiger partial charge < -0.3 is 15.4 Å². The molecule has 0 bridgehead atoms. The van der Waals surface area contributed by atoms with Crippen LogP contribution in [0.1, 0.15) is 5.69 Å². The predicted octanol–water partition coefficient (Wildman–Crippen LogP) is 1.70. The van der Waals surface area contributed by atoms with Gasteiger partial charge in [-0.25, -0.2) is 0 Å². The highest BCUT2D eigenvalue weighted by Gasteiger charge is 2.10. The normalized spacial score (nSPS) is 10.1. The van der Waals surface area contributed by atoms with E-state index in [0.29, 0.717) is 18.0 Å². The summed E-state index contributed by atoms with van der Waals surface area (Å²) in [6, 6.07) is 12.6. The Bertz CT molecular complexity index is 572. The predicted molar refractivity (Wildman–Crippen MR) is 77.1 cm³/mol. The molecule has 0 radical (unpaired) electrons. The number of hydrogen-bond donors (Lipinski definition) is 1. The van der Waals surface area contributed by atoms with Crippen molar-refractivity contribution in [3.8, 4) is 5.75 Å². The summed E-state index contributed by atoms with van der Waals surface area (Å²) < 4.78 is 5.42. The van der Waals surface area contributed by atoms with E-state index in [1.165, 1.54) is 0 Å². The van der Waals surface area contributed by atoms with E-state index in [9.17, 15) is 4.79 Å². The number of carbonyl (C=O) groups excluding carboxylic acids is 1. The van der Waals surface area contributed by atoms with Gasteiger partial charge in [-0.2, -0.15) is 0 Å². The quantitative estimate of drug-likeness (QED) is 0.840. The molecule has 2 aromatic rings. The monoisotopic (exact) mass is 271 g/mol. The Labute approximate surface area is 118 Å². The number of nitrogen functional groups attached to an aromatic ring is 1. The standard InChI is InChI=1S/C15H17N3O2/c1-18(10-13-6-2-3-8-17-13)15(19)11-20-14-7-4-5-12(16)9-14/h2-9H,10-11,16H2,1H3. The van der Waals surface area contributed by atoms with Crippen LogP contribution in [0, 0.1) is 0 Å². The maximum Gasteiger partial charge on any atom is 0.260 e. The molecule has 0 fully saturated rings. The molecule has 0 unspecified atom stereocenters. The van der Waals surface area contributed by atoms with Crippen LogP contribution in [-0.2, 0) is 11.3 Å². The lowest BCUT2D eigenvalue weighted by Gasteiger charge is -2.17. The SMILES string of the molecule is CN(Cc1ccccn1)C(=O)COc1cccc(N)c1. The fraction of sp³-hybridized carbons (Fsp3) is 0.200. The first-order valence-electron chi connectivity index (χ1n) is 6.27. The Balaban J connectivity index is 1.85. The van der Waals surface area contributed by atoms with Crippen molar-refractivity contribution in [2.45, 2.75) is 6.54 Å². The van der Waals surface area contributed by atoms with Gasteiger partial charge in [-0.3, -0.25) is 9.78 Å². The lowest BCUT2D eigenvalue weighted by Crippen LogP contribution is -2.31. The number of carbonyl (C=O) groups is 1. The molecule has 0 aliphatic heterocycles. The highest BCUT2D eigenvalue weighted by molar-refractivity contribution is 5.77. The van der Waals surface area contributed by atoms with Crippen LogP contribution in [0.15, 0.2) is 48.7 Å². The lowest BCUT2D eigenvalue weighted by molar-refractivity contribution is -0.132. The molecule has 0 atom stereocenters. The van der Waals surface area contributed by atoms with Crippen molar-refractivity contribution in [1.82, 2.24) is 9.88 Å². The summed E-state index contributed by atoms with van der Waals surface area (Å²) in [6.45, 7) is 0.437. The molecule has 0 aliphatic rings. The first kappa shape index (κ1) is 13.9. The number of benzene rings is 1. The summed E-state index contributed by atoms with van der Waals surface area (Å²) in [6.07, 6.45) is 1.71. The second-order valence-corrected chi connectivity index (χ2v) is 4.43. The molecule has 104 valence electrons. The average Bonchev–Trinajstić information content (AvgIpc) is 2.46. The zero-order chi connectivity index (χ0) is 14.4. The number of rotatable bonds is 5. The fourth-order valence-electron chi connectivity index (χ4n) is 1.68. The summed E-state index contributed by atoms with van der Waals surface area (Å²) in [7, 11) is 1.72. The smallest absolute Gasteiger partial charge is 0.260 e. The van der Waals surface area contributed by atoms with Gasteiger partial charge in [0, 0.05) is 25.0 Å². The molecular formula is C15H17N3O2. The maximum absolute atomic E-state index is 11.9. The number of ether oxygens (including phenoxy) is 1. The number of likely N-dealkylation sites (N-methyl/N-ethyl adjacent to an activating group) is 1. The molecule has 0 saturated carbocycles. The lowest BCUT2D eigenvalue weighted by atomic mass is 10.3. The van der Waals surface area contributed by atoms with E-state index in [2.05, 4.69) is 4.98 Å². The highest BCUT2D eigenvalue weighted by atomic mass is 16.5. The largest absolute Gasteiger partial charge is 0.484 e. The zero-order valence-corrected chi connectivity index (χ0v) is 11.3. The van der Waals surface area contributed by atoms with Gasteiger partial charge in [0.15, 0.2) is 6.61 Å². The first-order valence-corrected chi connectivity index (χ1v) is 6.27. The Morgan fingerprint density at radius 3 is 2.85 bits per heavy atom. The minimum absolute atomic E-state index is 0.0210. The summed E-state index contributed by atoms with van der Waals surface area (Å²) in [4.78, 5) is 17.7. The Kier molecular flexibility index (Phi) is 4.55. The highest BCUT2D eigenvalue weighted by Crippen LogP contribution is 2.14.